The summed E-state index contributed by atoms with van der Waals surface area (Å²) in [5.41, 5.74) is 5.09. The summed E-state index contributed by atoms with van der Waals surface area (Å²) in [4.78, 5) is 3.07. The lowest BCUT2D eigenvalue weighted by molar-refractivity contribution is -0.177. The fraction of sp³-hybridized carbons (Fsp3) is 1.00. The highest BCUT2D eigenvalue weighted by Gasteiger charge is 2.40. The van der Waals surface area contributed by atoms with Gasteiger partial charge in [0.2, 0.25) is 0 Å². The van der Waals surface area contributed by atoms with Crippen LogP contribution in [0.4, 0.5) is 13.2 Å². The molecule has 1 atom stereocenters. The number of nitrogens with zero attached hydrogens (tertiary/aromatic N) is 2. The Kier molecular flexibility index (Phi) is 5.40. The summed E-state index contributed by atoms with van der Waals surface area (Å²) in [5, 5.41) is 0. The summed E-state index contributed by atoms with van der Waals surface area (Å²) in [5.74, 6) is 0. The number of hydrogen-bond acceptors (Lipinski definition) is 3. The molecule has 0 spiro atoms. The second-order valence-electron chi connectivity index (χ2n) is 3.58. The molecule has 0 saturated carbocycles. The van der Waals surface area contributed by atoms with Crippen LogP contribution >= 0.6 is 0 Å². The van der Waals surface area contributed by atoms with Gasteiger partial charge in [-0.25, -0.2) is 0 Å². The fourth-order valence-corrected chi connectivity index (χ4v) is 1.08. The van der Waals surface area contributed by atoms with Crippen molar-refractivity contribution in [3.63, 3.8) is 0 Å². The number of likely N-dealkylation sites (N-methyl/N-ethyl adjacent to an activating group) is 2. The van der Waals surface area contributed by atoms with E-state index in [1.54, 1.807) is 0 Å². The summed E-state index contributed by atoms with van der Waals surface area (Å²) >= 11 is 0. The van der Waals surface area contributed by atoms with E-state index in [1.807, 2.05) is 19.0 Å². The topological polar surface area (TPSA) is 32.5 Å². The van der Waals surface area contributed by atoms with E-state index in [0.717, 1.165) is 0 Å². The Morgan fingerprint density at radius 3 is 1.93 bits per heavy atom. The van der Waals surface area contributed by atoms with Gasteiger partial charge in [-0.3, -0.25) is 4.90 Å². The molecule has 0 heterocycles. The molecule has 0 aliphatic heterocycles. The highest BCUT2D eigenvalue weighted by molar-refractivity contribution is 4.77. The van der Waals surface area contributed by atoms with Gasteiger partial charge in [-0.2, -0.15) is 13.2 Å². The predicted molar refractivity (Wildman–Crippen MR) is 50.1 cm³/mol. The van der Waals surface area contributed by atoms with E-state index in [4.69, 9.17) is 5.73 Å². The summed E-state index contributed by atoms with van der Waals surface area (Å²) in [6, 6.07) is -1.54. The molecular formula is C8H18F3N3. The number of hydrogen-bond donors (Lipinski definition) is 1. The van der Waals surface area contributed by atoms with Gasteiger partial charge in [0.25, 0.3) is 0 Å². The third kappa shape index (κ3) is 4.78. The van der Waals surface area contributed by atoms with Crippen LogP contribution in [0, 0.1) is 0 Å². The molecule has 0 aliphatic rings. The smallest absolute Gasteiger partial charge is 0.329 e. The Hall–Kier alpha value is -0.330. The molecule has 3 nitrogen and oxygen atoms in total. The van der Waals surface area contributed by atoms with Crippen molar-refractivity contribution >= 4 is 0 Å². The third-order valence-electron chi connectivity index (χ3n) is 2.03. The molecule has 0 aliphatic carbocycles. The van der Waals surface area contributed by atoms with Crippen LogP contribution in [0.25, 0.3) is 0 Å². The van der Waals surface area contributed by atoms with E-state index < -0.39 is 18.8 Å². The maximum atomic E-state index is 12.4. The minimum atomic E-state index is -4.24. The van der Waals surface area contributed by atoms with E-state index in [2.05, 4.69) is 0 Å². The minimum Gasteiger partial charge on any atom is -0.329 e. The zero-order valence-corrected chi connectivity index (χ0v) is 8.80. The lowest BCUT2D eigenvalue weighted by atomic mass is 10.2. The average molecular weight is 213 g/mol. The molecule has 0 amide bonds. The molecule has 2 N–H and O–H groups in total. The van der Waals surface area contributed by atoms with Crippen molar-refractivity contribution < 1.29 is 13.2 Å². The Morgan fingerprint density at radius 1 is 1.14 bits per heavy atom. The molecule has 0 aromatic carbocycles. The van der Waals surface area contributed by atoms with Crippen LogP contribution in [0.2, 0.25) is 0 Å². The van der Waals surface area contributed by atoms with E-state index in [9.17, 15) is 13.2 Å². The average Bonchev–Trinajstić information content (AvgIpc) is 1.99. The van der Waals surface area contributed by atoms with E-state index >= 15 is 0 Å². The molecule has 0 fully saturated rings. The molecule has 0 aromatic rings. The van der Waals surface area contributed by atoms with Crippen molar-refractivity contribution in [2.24, 2.45) is 5.73 Å². The van der Waals surface area contributed by atoms with Crippen LogP contribution in [0.15, 0.2) is 0 Å². The molecule has 1 unspecified atom stereocenters. The fourth-order valence-electron chi connectivity index (χ4n) is 1.08. The molecular weight excluding hydrogens is 195 g/mol. The van der Waals surface area contributed by atoms with Crippen molar-refractivity contribution in [3.05, 3.63) is 0 Å². The lowest BCUT2D eigenvalue weighted by Gasteiger charge is -2.29. The Bertz CT molecular complexity index is 158. The second-order valence-corrected chi connectivity index (χ2v) is 3.58. The van der Waals surface area contributed by atoms with Gasteiger partial charge in [0.15, 0.2) is 0 Å². The van der Waals surface area contributed by atoms with Crippen molar-refractivity contribution in [2.75, 3.05) is 40.8 Å². The SMILES string of the molecule is CN(C)CCN(C)C(CN)C(F)(F)F. The lowest BCUT2D eigenvalue weighted by Crippen LogP contribution is -2.50. The van der Waals surface area contributed by atoms with Crippen LogP contribution < -0.4 is 5.73 Å². The maximum absolute atomic E-state index is 12.4. The van der Waals surface area contributed by atoms with Crippen LogP contribution in [0.1, 0.15) is 0 Å². The van der Waals surface area contributed by atoms with Gasteiger partial charge < -0.3 is 10.6 Å². The number of alkyl halides is 3. The van der Waals surface area contributed by atoms with Crippen molar-refractivity contribution in [2.45, 2.75) is 12.2 Å². The molecule has 0 bridgehead atoms. The number of rotatable bonds is 5. The van der Waals surface area contributed by atoms with Crippen molar-refractivity contribution in [1.29, 1.82) is 0 Å². The summed E-state index contributed by atoms with van der Waals surface area (Å²) in [7, 11) is 5.08. The minimum absolute atomic E-state index is 0.356. The first kappa shape index (κ1) is 13.7. The highest BCUT2D eigenvalue weighted by atomic mass is 19.4. The van der Waals surface area contributed by atoms with Crippen LogP contribution in [-0.2, 0) is 0 Å². The van der Waals surface area contributed by atoms with Gasteiger partial charge in [-0.05, 0) is 21.1 Å². The zero-order valence-electron chi connectivity index (χ0n) is 8.80. The van der Waals surface area contributed by atoms with Crippen molar-refractivity contribution in [1.82, 2.24) is 9.80 Å². The first-order valence-electron chi connectivity index (χ1n) is 4.40. The number of halogens is 3. The van der Waals surface area contributed by atoms with Crippen LogP contribution in [0.5, 0.6) is 0 Å². The van der Waals surface area contributed by atoms with Crippen molar-refractivity contribution in [3.8, 4) is 0 Å². The van der Waals surface area contributed by atoms with Gasteiger partial charge in [-0.1, -0.05) is 0 Å². The predicted octanol–water partition coefficient (Wildman–Crippen LogP) is 0.369. The quantitative estimate of drug-likeness (QED) is 0.716. The Balaban J connectivity index is 4.12. The maximum Gasteiger partial charge on any atom is 0.405 e. The van der Waals surface area contributed by atoms with Gasteiger partial charge in [0.1, 0.15) is 6.04 Å². The van der Waals surface area contributed by atoms with E-state index in [0.29, 0.717) is 13.1 Å². The summed E-state index contributed by atoms with van der Waals surface area (Å²) < 4.78 is 37.1. The normalized spacial score (nSPS) is 15.2. The molecule has 86 valence electrons. The standard InChI is InChI=1S/C8H18F3N3/c1-13(2)4-5-14(3)7(6-12)8(9,10)11/h7H,4-6,12H2,1-3H3. The number of nitrogens with two attached hydrogens (primary N) is 1. The largest absolute Gasteiger partial charge is 0.405 e. The molecule has 0 radical (unpaired) electrons. The first-order valence-corrected chi connectivity index (χ1v) is 4.40. The molecule has 14 heavy (non-hydrogen) atoms. The zero-order chi connectivity index (χ0) is 11.4. The van der Waals surface area contributed by atoms with Gasteiger partial charge in [-0.15, -0.1) is 0 Å². The molecule has 6 heteroatoms. The van der Waals surface area contributed by atoms with E-state index in [-0.39, 0.29) is 0 Å². The van der Waals surface area contributed by atoms with Gasteiger partial charge >= 0.3 is 6.18 Å². The van der Waals surface area contributed by atoms with Gasteiger partial charge in [0.05, 0.1) is 0 Å². The second kappa shape index (κ2) is 5.53. The summed E-state index contributed by atoms with van der Waals surface area (Å²) in [6.45, 7) is 0.547. The third-order valence-corrected chi connectivity index (χ3v) is 2.03. The van der Waals surface area contributed by atoms with Gasteiger partial charge in [0, 0.05) is 19.6 Å². The summed E-state index contributed by atoms with van der Waals surface area (Å²) in [6.07, 6.45) is -4.24. The Labute approximate surface area is 82.7 Å². The monoisotopic (exact) mass is 213 g/mol. The highest BCUT2D eigenvalue weighted by Crippen LogP contribution is 2.22. The molecule has 0 aromatic heterocycles. The first-order chi connectivity index (χ1) is 6.29. The van der Waals surface area contributed by atoms with Crippen LogP contribution in [0.3, 0.4) is 0 Å². The molecule has 0 saturated heterocycles. The Morgan fingerprint density at radius 2 is 1.64 bits per heavy atom. The van der Waals surface area contributed by atoms with E-state index in [1.165, 1.54) is 11.9 Å². The molecule has 0 rings (SSSR count). The van der Waals surface area contributed by atoms with Crippen LogP contribution in [-0.4, -0.2) is 62.8 Å².